The number of aromatic nitrogens is 4. The number of carbonyl (C=O) groups is 1. The number of imidazole rings is 1. The fraction of sp³-hybridized carbons (Fsp3) is 0.167. The highest BCUT2D eigenvalue weighted by molar-refractivity contribution is 5.92. The quantitative estimate of drug-likeness (QED) is 0.434. The van der Waals surface area contributed by atoms with Gasteiger partial charge in [-0.15, -0.1) is 0 Å². The third-order valence-electron chi connectivity index (χ3n) is 5.37. The van der Waals surface area contributed by atoms with E-state index in [1.165, 1.54) is 49.5 Å². The fourth-order valence-electron chi connectivity index (χ4n) is 3.69. The van der Waals surface area contributed by atoms with Crippen molar-refractivity contribution in [2.24, 2.45) is 7.05 Å². The minimum atomic E-state index is -4.69. The van der Waals surface area contributed by atoms with Crippen molar-refractivity contribution in [1.82, 2.24) is 24.6 Å². The lowest BCUT2D eigenvalue weighted by atomic mass is 10.0. The lowest BCUT2D eigenvalue weighted by Crippen LogP contribution is -2.36. The number of para-hydroxylation sites is 1. The maximum atomic E-state index is 14.6. The van der Waals surface area contributed by atoms with Crippen LogP contribution in [-0.2, 0) is 13.2 Å². The number of alkyl halides is 3. The molecule has 0 aliphatic heterocycles. The van der Waals surface area contributed by atoms with Crippen LogP contribution in [0.3, 0.4) is 0 Å². The molecule has 0 aliphatic carbocycles. The van der Waals surface area contributed by atoms with Gasteiger partial charge in [0.2, 0.25) is 5.43 Å². The van der Waals surface area contributed by atoms with Crippen molar-refractivity contribution in [2.75, 3.05) is 0 Å². The van der Waals surface area contributed by atoms with E-state index in [9.17, 15) is 27.2 Å². The zero-order chi connectivity index (χ0) is 25.3. The number of carbonyl (C=O) groups excluding carboxylic acids is 1. The van der Waals surface area contributed by atoms with Gasteiger partial charge in [0.15, 0.2) is 5.69 Å². The van der Waals surface area contributed by atoms with Crippen molar-refractivity contribution in [1.29, 1.82) is 0 Å². The Morgan fingerprint density at radius 1 is 1.09 bits per heavy atom. The molecule has 0 fully saturated rings. The van der Waals surface area contributed by atoms with Gasteiger partial charge in [-0.25, -0.2) is 14.1 Å². The number of amides is 1. The first-order valence-electron chi connectivity index (χ1n) is 10.4. The summed E-state index contributed by atoms with van der Waals surface area (Å²) in [5, 5.41) is 6.52. The Labute approximate surface area is 196 Å². The van der Waals surface area contributed by atoms with E-state index in [0.29, 0.717) is 0 Å². The van der Waals surface area contributed by atoms with Crippen LogP contribution in [0.4, 0.5) is 17.6 Å². The summed E-state index contributed by atoms with van der Waals surface area (Å²) < 4.78 is 57.8. The number of aryl methyl sites for hydroxylation is 2. The van der Waals surface area contributed by atoms with Crippen LogP contribution in [-0.4, -0.2) is 25.2 Å². The Hall–Kier alpha value is -4.28. The van der Waals surface area contributed by atoms with Gasteiger partial charge in [0.25, 0.3) is 5.91 Å². The zero-order valence-corrected chi connectivity index (χ0v) is 18.5. The van der Waals surface area contributed by atoms with E-state index in [4.69, 9.17) is 0 Å². The average molecular weight is 485 g/mol. The Morgan fingerprint density at radius 2 is 1.77 bits per heavy atom. The minimum absolute atomic E-state index is 0.0880. The molecule has 2 heterocycles. The topological polar surface area (TPSA) is 81.8 Å². The van der Waals surface area contributed by atoms with Crippen LogP contribution >= 0.6 is 0 Å². The van der Waals surface area contributed by atoms with Gasteiger partial charge < -0.3 is 9.88 Å². The number of hydrogen-bond acceptors (Lipinski definition) is 4. The zero-order valence-electron chi connectivity index (χ0n) is 18.5. The smallest absolute Gasteiger partial charge is 0.336 e. The molecule has 0 spiro atoms. The molecule has 2 aromatic carbocycles. The van der Waals surface area contributed by atoms with Crippen LogP contribution in [0.25, 0.3) is 5.69 Å². The molecule has 4 rings (SSSR count). The molecule has 4 aromatic rings. The van der Waals surface area contributed by atoms with E-state index in [-0.39, 0.29) is 22.8 Å². The van der Waals surface area contributed by atoms with E-state index >= 15 is 0 Å². The summed E-state index contributed by atoms with van der Waals surface area (Å²) in [6.07, 6.45) is -1.63. The second-order valence-electron chi connectivity index (χ2n) is 7.75. The van der Waals surface area contributed by atoms with Crippen molar-refractivity contribution in [2.45, 2.75) is 19.1 Å². The van der Waals surface area contributed by atoms with Gasteiger partial charge in [-0.3, -0.25) is 9.59 Å². The van der Waals surface area contributed by atoms with Gasteiger partial charge >= 0.3 is 6.18 Å². The molecule has 1 N–H and O–H groups in total. The molecule has 0 bridgehead atoms. The molecular weight excluding hydrogens is 466 g/mol. The molecule has 180 valence electrons. The number of nitrogens with one attached hydrogen (secondary N) is 1. The predicted octanol–water partition coefficient (Wildman–Crippen LogP) is 3.95. The molecule has 1 amide bonds. The van der Waals surface area contributed by atoms with Crippen LogP contribution in [0, 0.1) is 12.7 Å². The van der Waals surface area contributed by atoms with Crippen molar-refractivity contribution in [3.05, 3.63) is 111 Å². The molecule has 0 radical (unpaired) electrons. The number of rotatable bonds is 5. The maximum Gasteiger partial charge on any atom is 0.418 e. The summed E-state index contributed by atoms with van der Waals surface area (Å²) in [6.45, 7) is 1.40. The molecule has 7 nitrogen and oxygen atoms in total. The molecule has 0 saturated carbocycles. The predicted molar refractivity (Wildman–Crippen MR) is 118 cm³/mol. The first kappa shape index (κ1) is 23.9. The fourth-order valence-corrected chi connectivity index (χ4v) is 3.69. The van der Waals surface area contributed by atoms with Crippen molar-refractivity contribution in [3.63, 3.8) is 0 Å². The minimum Gasteiger partial charge on any atom is -0.336 e. The number of hydrogen-bond donors (Lipinski definition) is 1. The van der Waals surface area contributed by atoms with Crippen LogP contribution in [0.1, 0.15) is 39.2 Å². The maximum absolute atomic E-state index is 14.6. The van der Waals surface area contributed by atoms with Crippen molar-refractivity contribution >= 4 is 5.91 Å². The molecule has 2 aromatic heterocycles. The Bertz CT molecular complexity index is 1460. The molecule has 0 saturated heterocycles. The van der Waals surface area contributed by atoms with E-state index in [1.54, 1.807) is 23.9 Å². The number of benzene rings is 2. The SMILES string of the molecule is Cc1cc(=O)c(C(=O)NC(c2ccccc2F)c2nccn2C)nn1-c1ccccc1C(F)(F)F. The lowest BCUT2D eigenvalue weighted by Gasteiger charge is -2.20. The van der Waals surface area contributed by atoms with Gasteiger partial charge in [-0.05, 0) is 25.1 Å². The van der Waals surface area contributed by atoms with E-state index in [1.807, 2.05) is 0 Å². The van der Waals surface area contributed by atoms with E-state index in [2.05, 4.69) is 15.4 Å². The van der Waals surface area contributed by atoms with Gasteiger partial charge in [0, 0.05) is 36.8 Å². The second kappa shape index (κ2) is 9.16. The summed E-state index contributed by atoms with van der Waals surface area (Å²) in [5.74, 6) is -1.34. The third-order valence-corrected chi connectivity index (χ3v) is 5.37. The number of nitrogens with zero attached hydrogens (tertiary/aromatic N) is 4. The van der Waals surface area contributed by atoms with E-state index < -0.39 is 40.6 Å². The Balaban J connectivity index is 1.80. The summed E-state index contributed by atoms with van der Waals surface area (Å²) >= 11 is 0. The van der Waals surface area contributed by atoms with Gasteiger partial charge in [-0.1, -0.05) is 30.3 Å². The van der Waals surface area contributed by atoms with Crippen LogP contribution in [0.5, 0.6) is 0 Å². The molecule has 1 unspecified atom stereocenters. The van der Waals surface area contributed by atoms with Crippen molar-refractivity contribution in [3.8, 4) is 5.69 Å². The first-order valence-corrected chi connectivity index (χ1v) is 10.4. The standard InChI is InChI=1S/C24H19F4N5O2/c1-14-13-19(34)21(31-33(14)18-10-6-4-8-16(18)24(26,27)28)23(35)30-20(22-29-11-12-32(22)2)15-7-3-5-9-17(15)25/h3-13,20H,1-2H3,(H,30,35). The first-order chi connectivity index (χ1) is 16.6. The van der Waals surface area contributed by atoms with Crippen LogP contribution in [0.15, 0.2) is 71.8 Å². The van der Waals surface area contributed by atoms with Crippen LogP contribution in [0.2, 0.25) is 0 Å². The highest BCUT2D eigenvalue weighted by Crippen LogP contribution is 2.33. The molecule has 35 heavy (non-hydrogen) atoms. The van der Waals surface area contributed by atoms with Crippen LogP contribution < -0.4 is 10.7 Å². The Kier molecular flexibility index (Phi) is 6.25. The van der Waals surface area contributed by atoms with E-state index in [0.717, 1.165) is 16.8 Å². The lowest BCUT2D eigenvalue weighted by molar-refractivity contribution is -0.137. The average Bonchev–Trinajstić information content (AvgIpc) is 3.23. The summed E-state index contributed by atoms with van der Waals surface area (Å²) in [4.78, 5) is 30.0. The normalized spacial score (nSPS) is 12.4. The summed E-state index contributed by atoms with van der Waals surface area (Å²) in [7, 11) is 1.65. The highest BCUT2D eigenvalue weighted by Gasteiger charge is 2.34. The van der Waals surface area contributed by atoms with Crippen molar-refractivity contribution < 1.29 is 22.4 Å². The molecule has 0 aliphatic rings. The molecular formula is C24H19F4N5O2. The molecule has 1 atom stereocenters. The highest BCUT2D eigenvalue weighted by atomic mass is 19.4. The third kappa shape index (κ3) is 4.70. The van der Waals surface area contributed by atoms with Gasteiger partial charge in [0.05, 0.1) is 11.3 Å². The Morgan fingerprint density at radius 3 is 2.43 bits per heavy atom. The summed E-state index contributed by atoms with van der Waals surface area (Å²) in [6, 6.07) is 10.3. The molecule has 11 heteroatoms. The second-order valence-corrected chi connectivity index (χ2v) is 7.75. The van der Waals surface area contributed by atoms with Gasteiger partial charge in [-0.2, -0.15) is 18.3 Å². The monoisotopic (exact) mass is 485 g/mol. The summed E-state index contributed by atoms with van der Waals surface area (Å²) in [5.41, 5.74) is -2.59. The van der Waals surface area contributed by atoms with Gasteiger partial charge in [0.1, 0.15) is 17.7 Å². The largest absolute Gasteiger partial charge is 0.418 e. The number of halogens is 4.